The summed E-state index contributed by atoms with van der Waals surface area (Å²) in [6.07, 6.45) is 0. The molecular weight excluding hydrogens is 296 g/mol. The van der Waals surface area contributed by atoms with Crippen LogP contribution in [0.15, 0.2) is 24.3 Å². The molecule has 0 radical (unpaired) electrons. The number of benzene rings is 1. The zero-order valence-electron chi connectivity index (χ0n) is 14.7. The topological polar surface area (TPSA) is 29.9 Å². The molecule has 1 N–H and O–H groups in total. The van der Waals surface area contributed by atoms with Crippen molar-refractivity contribution in [3.63, 3.8) is 0 Å². The van der Waals surface area contributed by atoms with Crippen LogP contribution < -0.4 is 5.32 Å². The van der Waals surface area contributed by atoms with Gasteiger partial charge in [-0.05, 0) is 38.5 Å². The van der Waals surface area contributed by atoms with Crippen LogP contribution in [0.2, 0.25) is 0 Å². The van der Waals surface area contributed by atoms with Crippen LogP contribution in [-0.4, -0.2) is 9.78 Å². The van der Waals surface area contributed by atoms with Gasteiger partial charge in [0.15, 0.2) is 11.6 Å². The molecule has 1 aromatic heterocycles. The molecule has 0 fully saturated rings. The average molecular weight is 321 g/mol. The van der Waals surface area contributed by atoms with E-state index in [1.165, 1.54) is 6.07 Å². The molecule has 0 aliphatic heterocycles. The number of rotatable bonds is 3. The van der Waals surface area contributed by atoms with Gasteiger partial charge < -0.3 is 5.32 Å². The molecule has 126 valence electrons. The van der Waals surface area contributed by atoms with Gasteiger partial charge in [-0.3, -0.25) is 0 Å². The lowest BCUT2D eigenvalue weighted by Gasteiger charge is -2.23. The smallest absolute Gasteiger partial charge is 0.159 e. The summed E-state index contributed by atoms with van der Waals surface area (Å²) in [7, 11) is 0. The Morgan fingerprint density at radius 2 is 1.65 bits per heavy atom. The standard InChI is InChI=1S/C18H25F2N3/c1-17(2,3)15-10-16(23(22-15)18(4,5)6)21-11-12-7-8-13(19)14(20)9-12/h7-10,21H,11H2,1-6H3. The monoisotopic (exact) mass is 321 g/mol. The van der Waals surface area contributed by atoms with E-state index < -0.39 is 11.6 Å². The van der Waals surface area contributed by atoms with Gasteiger partial charge in [0, 0.05) is 18.0 Å². The zero-order chi connectivity index (χ0) is 17.4. The van der Waals surface area contributed by atoms with Gasteiger partial charge >= 0.3 is 0 Å². The Morgan fingerprint density at radius 3 is 2.17 bits per heavy atom. The summed E-state index contributed by atoms with van der Waals surface area (Å²) in [5.41, 5.74) is 1.43. The first-order valence-electron chi connectivity index (χ1n) is 7.77. The Hall–Kier alpha value is -1.91. The molecule has 0 atom stereocenters. The van der Waals surface area contributed by atoms with E-state index >= 15 is 0 Å². The molecule has 0 saturated heterocycles. The minimum Gasteiger partial charge on any atom is -0.366 e. The molecule has 0 aliphatic carbocycles. The summed E-state index contributed by atoms with van der Waals surface area (Å²) < 4.78 is 28.3. The van der Waals surface area contributed by atoms with Gasteiger partial charge in [0.1, 0.15) is 5.82 Å². The second kappa shape index (κ2) is 5.95. The van der Waals surface area contributed by atoms with Crippen LogP contribution >= 0.6 is 0 Å². The lowest BCUT2D eigenvalue weighted by molar-refractivity contribution is 0.352. The van der Waals surface area contributed by atoms with Gasteiger partial charge in [-0.15, -0.1) is 0 Å². The molecule has 23 heavy (non-hydrogen) atoms. The highest BCUT2D eigenvalue weighted by Crippen LogP contribution is 2.28. The quantitative estimate of drug-likeness (QED) is 0.878. The summed E-state index contributed by atoms with van der Waals surface area (Å²) in [5.74, 6) is -0.792. The molecule has 0 spiro atoms. The fourth-order valence-corrected chi connectivity index (χ4v) is 2.23. The lowest BCUT2D eigenvalue weighted by Crippen LogP contribution is -2.26. The minimum atomic E-state index is -0.830. The molecule has 5 heteroatoms. The van der Waals surface area contributed by atoms with Gasteiger partial charge in [-0.2, -0.15) is 5.10 Å². The lowest BCUT2D eigenvalue weighted by atomic mass is 9.92. The highest BCUT2D eigenvalue weighted by Gasteiger charge is 2.24. The summed E-state index contributed by atoms with van der Waals surface area (Å²) in [4.78, 5) is 0. The van der Waals surface area contributed by atoms with Crippen molar-refractivity contribution in [2.75, 3.05) is 5.32 Å². The SMILES string of the molecule is CC(C)(C)c1cc(NCc2ccc(F)c(F)c2)n(C(C)(C)C)n1. The fourth-order valence-electron chi connectivity index (χ4n) is 2.23. The predicted octanol–water partition coefficient (Wildman–Crippen LogP) is 4.83. The molecule has 0 bridgehead atoms. The molecule has 2 rings (SSSR count). The zero-order valence-corrected chi connectivity index (χ0v) is 14.7. The fraction of sp³-hybridized carbons (Fsp3) is 0.500. The van der Waals surface area contributed by atoms with Gasteiger partial charge in [0.05, 0.1) is 11.2 Å². The summed E-state index contributed by atoms with van der Waals surface area (Å²) >= 11 is 0. The second-order valence-electron chi connectivity index (χ2n) is 7.85. The number of hydrogen-bond acceptors (Lipinski definition) is 2. The van der Waals surface area contributed by atoms with Gasteiger partial charge in [0.2, 0.25) is 0 Å². The van der Waals surface area contributed by atoms with Crippen LogP contribution in [0.25, 0.3) is 0 Å². The first-order valence-corrected chi connectivity index (χ1v) is 7.77. The van der Waals surface area contributed by atoms with Crippen LogP contribution in [0.4, 0.5) is 14.6 Å². The van der Waals surface area contributed by atoms with Crippen molar-refractivity contribution in [1.82, 2.24) is 9.78 Å². The normalized spacial score (nSPS) is 12.5. The molecule has 3 nitrogen and oxygen atoms in total. The summed E-state index contributed by atoms with van der Waals surface area (Å²) in [6, 6.07) is 5.96. The third kappa shape index (κ3) is 4.09. The predicted molar refractivity (Wildman–Crippen MR) is 89.6 cm³/mol. The van der Waals surface area contributed by atoms with Crippen LogP contribution in [0.5, 0.6) is 0 Å². The van der Waals surface area contributed by atoms with E-state index in [0.29, 0.717) is 12.1 Å². The van der Waals surface area contributed by atoms with E-state index in [1.807, 2.05) is 10.7 Å². The highest BCUT2D eigenvalue weighted by atomic mass is 19.2. The highest BCUT2D eigenvalue weighted by molar-refractivity contribution is 5.41. The number of hydrogen-bond donors (Lipinski definition) is 1. The molecular formula is C18H25F2N3. The van der Waals surface area contributed by atoms with E-state index in [4.69, 9.17) is 5.10 Å². The van der Waals surface area contributed by atoms with Crippen molar-refractivity contribution in [3.05, 3.63) is 47.2 Å². The van der Waals surface area contributed by atoms with E-state index in [9.17, 15) is 8.78 Å². The van der Waals surface area contributed by atoms with Crippen molar-refractivity contribution in [1.29, 1.82) is 0 Å². The Morgan fingerprint density at radius 1 is 1.00 bits per heavy atom. The maximum atomic E-state index is 13.3. The number of halogens is 2. The summed E-state index contributed by atoms with van der Waals surface area (Å²) in [6.45, 7) is 13.0. The number of anilines is 1. The first-order chi connectivity index (χ1) is 10.5. The summed E-state index contributed by atoms with van der Waals surface area (Å²) in [5, 5.41) is 8.00. The van der Waals surface area contributed by atoms with Crippen molar-refractivity contribution in [3.8, 4) is 0 Å². The van der Waals surface area contributed by atoms with Crippen LogP contribution in [-0.2, 0) is 17.5 Å². The molecule has 1 heterocycles. The van der Waals surface area contributed by atoms with Gasteiger partial charge in [-0.25, -0.2) is 13.5 Å². The van der Waals surface area contributed by atoms with E-state index in [1.54, 1.807) is 6.07 Å². The Labute approximate surface area is 136 Å². The number of nitrogens with one attached hydrogen (secondary N) is 1. The van der Waals surface area contributed by atoms with E-state index in [-0.39, 0.29) is 11.0 Å². The molecule has 0 unspecified atom stereocenters. The Kier molecular flexibility index (Phi) is 4.51. The maximum absolute atomic E-state index is 13.3. The van der Waals surface area contributed by atoms with Gasteiger partial charge in [-0.1, -0.05) is 26.8 Å². The van der Waals surface area contributed by atoms with Crippen LogP contribution in [0.3, 0.4) is 0 Å². The number of aromatic nitrogens is 2. The average Bonchev–Trinajstić information content (AvgIpc) is 2.84. The van der Waals surface area contributed by atoms with Crippen LogP contribution in [0.1, 0.15) is 52.8 Å². The second-order valence-corrected chi connectivity index (χ2v) is 7.85. The molecule has 1 aromatic carbocycles. The van der Waals surface area contributed by atoms with E-state index in [2.05, 4.69) is 46.9 Å². The third-order valence-electron chi connectivity index (χ3n) is 3.57. The van der Waals surface area contributed by atoms with Crippen molar-refractivity contribution < 1.29 is 8.78 Å². The van der Waals surface area contributed by atoms with Crippen molar-refractivity contribution in [2.45, 2.75) is 59.0 Å². The molecule has 0 amide bonds. The third-order valence-corrected chi connectivity index (χ3v) is 3.57. The minimum absolute atomic E-state index is 0.0606. The number of nitrogens with zero attached hydrogens (tertiary/aromatic N) is 2. The maximum Gasteiger partial charge on any atom is 0.159 e. The molecule has 0 aliphatic rings. The van der Waals surface area contributed by atoms with Gasteiger partial charge in [0.25, 0.3) is 0 Å². The van der Waals surface area contributed by atoms with Crippen molar-refractivity contribution >= 4 is 5.82 Å². The molecule has 2 aromatic rings. The largest absolute Gasteiger partial charge is 0.366 e. The Balaban J connectivity index is 2.27. The molecule has 0 saturated carbocycles. The Bertz CT molecular complexity index is 691. The van der Waals surface area contributed by atoms with Crippen LogP contribution in [0, 0.1) is 11.6 Å². The van der Waals surface area contributed by atoms with Crippen molar-refractivity contribution in [2.24, 2.45) is 0 Å². The first kappa shape index (κ1) is 17.4. The van der Waals surface area contributed by atoms with E-state index in [0.717, 1.165) is 17.6 Å².